The van der Waals surface area contributed by atoms with Gasteiger partial charge in [-0.2, -0.15) is 0 Å². The third kappa shape index (κ3) is 3.97. The molecule has 0 radical (unpaired) electrons. The zero-order valence-electron chi connectivity index (χ0n) is 12.9. The maximum atomic E-state index is 11.3. The molecule has 20 heavy (non-hydrogen) atoms. The molecule has 0 fully saturated rings. The van der Waals surface area contributed by atoms with Crippen molar-refractivity contribution in [2.75, 3.05) is 13.7 Å². The molecule has 0 aliphatic heterocycles. The Balaban J connectivity index is 2.70. The normalized spacial score (nSPS) is 14.5. The van der Waals surface area contributed by atoms with E-state index in [1.807, 2.05) is 24.3 Å². The van der Waals surface area contributed by atoms with Crippen molar-refractivity contribution in [1.29, 1.82) is 0 Å². The van der Waals surface area contributed by atoms with Crippen molar-refractivity contribution in [3.05, 3.63) is 29.8 Å². The molecule has 0 aliphatic rings. The lowest BCUT2D eigenvalue weighted by Gasteiger charge is -2.24. The molecular formula is C16H24O4. The van der Waals surface area contributed by atoms with Gasteiger partial charge >= 0.3 is 5.97 Å². The van der Waals surface area contributed by atoms with Crippen LogP contribution in [0.5, 0.6) is 5.75 Å². The molecule has 0 aliphatic carbocycles. The Bertz CT molecular complexity index is 446. The quantitative estimate of drug-likeness (QED) is 0.814. The minimum Gasteiger partial charge on any atom is -0.490 e. The molecule has 0 bridgehead atoms. The van der Waals surface area contributed by atoms with Crippen molar-refractivity contribution >= 4 is 5.97 Å². The van der Waals surface area contributed by atoms with E-state index in [-0.39, 0.29) is 12.0 Å². The van der Waals surface area contributed by atoms with Gasteiger partial charge in [0.1, 0.15) is 12.4 Å². The molecule has 1 unspecified atom stereocenters. The standard InChI is InChI=1S/C16H24O4/c1-6-15(2,3)12-7-9-13(10-8-12)20-11-16(4,18)14(17)19-5/h7-10,18H,6,11H2,1-5H3. The third-order valence-corrected chi connectivity index (χ3v) is 3.66. The molecule has 0 amide bonds. The highest BCUT2D eigenvalue weighted by atomic mass is 16.6. The largest absolute Gasteiger partial charge is 0.490 e. The van der Waals surface area contributed by atoms with Gasteiger partial charge in [-0.1, -0.05) is 32.9 Å². The van der Waals surface area contributed by atoms with Crippen LogP contribution in [0, 0.1) is 0 Å². The number of ether oxygens (including phenoxy) is 2. The number of rotatable bonds is 6. The SMILES string of the molecule is CCC(C)(C)c1ccc(OCC(C)(O)C(=O)OC)cc1. The van der Waals surface area contributed by atoms with E-state index < -0.39 is 11.6 Å². The highest BCUT2D eigenvalue weighted by Crippen LogP contribution is 2.28. The molecule has 1 aromatic rings. The number of hydrogen-bond donors (Lipinski definition) is 1. The summed E-state index contributed by atoms with van der Waals surface area (Å²) in [7, 11) is 1.23. The summed E-state index contributed by atoms with van der Waals surface area (Å²) in [5, 5.41) is 9.87. The van der Waals surface area contributed by atoms with Gasteiger partial charge in [0.05, 0.1) is 7.11 Å². The van der Waals surface area contributed by atoms with Crippen LogP contribution in [0.15, 0.2) is 24.3 Å². The topological polar surface area (TPSA) is 55.8 Å². The Labute approximate surface area is 120 Å². The molecule has 1 rings (SSSR count). The van der Waals surface area contributed by atoms with Crippen molar-refractivity contribution in [2.45, 2.75) is 45.1 Å². The van der Waals surface area contributed by atoms with E-state index in [2.05, 4.69) is 25.5 Å². The number of carbonyl (C=O) groups excluding carboxylic acids is 1. The molecule has 112 valence electrons. The number of aliphatic hydroxyl groups is 1. The molecular weight excluding hydrogens is 256 g/mol. The number of benzene rings is 1. The van der Waals surface area contributed by atoms with Crippen LogP contribution in [0.25, 0.3) is 0 Å². The zero-order chi connectivity index (χ0) is 15.4. The summed E-state index contributed by atoms with van der Waals surface area (Å²) in [5.41, 5.74) is -0.293. The number of carbonyl (C=O) groups is 1. The summed E-state index contributed by atoms with van der Waals surface area (Å²) in [6.45, 7) is 7.75. The van der Waals surface area contributed by atoms with Crippen molar-refractivity contribution < 1.29 is 19.4 Å². The summed E-state index contributed by atoms with van der Waals surface area (Å²) in [6.07, 6.45) is 1.05. The Morgan fingerprint density at radius 2 is 1.75 bits per heavy atom. The highest BCUT2D eigenvalue weighted by Gasteiger charge is 2.32. The monoisotopic (exact) mass is 280 g/mol. The van der Waals surface area contributed by atoms with Crippen LogP contribution in [-0.4, -0.2) is 30.4 Å². The van der Waals surface area contributed by atoms with Gasteiger partial charge in [0.15, 0.2) is 5.60 Å². The third-order valence-electron chi connectivity index (χ3n) is 3.66. The maximum Gasteiger partial charge on any atom is 0.341 e. The molecule has 0 saturated heterocycles. The first kappa shape index (κ1) is 16.5. The van der Waals surface area contributed by atoms with Gasteiger partial charge in [-0.3, -0.25) is 0 Å². The van der Waals surface area contributed by atoms with Gasteiger partial charge in [-0.15, -0.1) is 0 Å². The first-order chi connectivity index (χ1) is 9.23. The summed E-state index contributed by atoms with van der Waals surface area (Å²) in [6, 6.07) is 7.71. The second kappa shape index (κ2) is 6.27. The number of methoxy groups -OCH3 is 1. The van der Waals surface area contributed by atoms with Crippen LogP contribution in [0.2, 0.25) is 0 Å². The van der Waals surface area contributed by atoms with Gasteiger partial charge in [0, 0.05) is 0 Å². The molecule has 1 aromatic carbocycles. The van der Waals surface area contributed by atoms with Crippen molar-refractivity contribution in [3.8, 4) is 5.75 Å². The second-order valence-corrected chi connectivity index (χ2v) is 5.82. The van der Waals surface area contributed by atoms with Crippen LogP contribution in [0.4, 0.5) is 0 Å². The first-order valence-corrected chi connectivity index (χ1v) is 6.77. The fourth-order valence-electron chi connectivity index (χ4n) is 1.71. The molecule has 0 spiro atoms. The number of esters is 1. The first-order valence-electron chi connectivity index (χ1n) is 6.77. The Morgan fingerprint density at radius 3 is 2.20 bits per heavy atom. The van der Waals surface area contributed by atoms with Crippen LogP contribution < -0.4 is 4.74 Å². The van der Waals surface area contributed by atoms with Gasteiger partial charge in [0.25, 0.3) is 0 Å². The van der Waals surface area contributed by atoms with Crippen molar-refractivity contribution in [2.24, 2.45) is 0 Å². The van der Waals surface area contributed by atoms with E-state index in [4.69, 9.17) is 4.74 Å². The van der Waals surface area contributed by atoms with E-state index >= 15 is 0 Å². The van der Waals surface area contributed by atoms with E-state index in [1.54, 1.807) is 0 Å². The summed E-state index contributed by atoms with van der Waals surface area (Å²) in [5.74, 6) is -0.0916. The molecule has 0 saturated carbocycles. The highest BCUT2D eigenvalue weighted by molar-refractivity contribution is 5.78. The molecule has 0 aromatic heterocycles. The van der Waals surface area contributed by atoms with Crippen LogP contribution >= 0.6 is 0 Å². The molecule has 1 N–H and O–H groups in total. The van der Waals surface area contributed by atoms with E-state index in [9.17, 15) is 9.90 Å². The molecule has 0 heterocycles. The van der Waals surface area contributed by atoms with Crippen LogP contribution in [0.3, 0.4) is 0 Å². The van der Waals surface area contributed by atoms with Crippen molar-refractivity contribution in [1.82, 2.24) is 0 Å². The van der Waals surface area contributed by atoms with E-state index in [0.29, 0.717) is 5.75 Å². The molecule has 4 nitrogen and oxygen atoms in total. The minimum atomic E-state index is -1.64. The average Bonchev–Trinajstić information content (AvgIpc) is 2.44. The average molecular weight is 280 g/mol. The Hall–Kier alpha value is -1.55. The van der Waals surface area contributed by atoms with E-state index in [1.165, 1.54) is 19.6 Å². The van der Waals surface area contributed by atoms with Gasteiger partial charge in [0.2, 0.25) is 0 Å². The molecule has 1 atom stereocenters. The zero-order valence-corrected chi connectivity index (χ0v) is 12.9. The fourth-order valence-corrected chi connectivity index (χ4v) is 1.71. The smallest absolute Gasteiger partial charge is 0.341 e. The van der Waals surface area contributed by atoms with Gasteiger partial charge < -0.3 is 14.6 Å². The van der Waals surface area contributed by atoms with Gasteiger partial charge in [-0.25, -0.2) is 4.79 Å². The van der Waals surface area contributed by atoms with Gasteiger partial charge in [-0.05, 0) is 36.5 Å². The van der Waals surface area contributed by atoms with Crippen LogP contribution in [0.1, 0.15) is 39.7 Å². The fraction of sp³-hybridized carbons (Fsp3) is 0.562. The summed E-state index contributed by atoms with van der Waals surface area (Å²) >= 11 is 0. The maximum absolute atomic E-state index is 11.3. The Kier molecular flexibility index (Phi) is 5.17. The van der Waals surface area contributed by atoms with Crippen molar-refractivity contribution in [3.63, 3.8) is 0 Å². The number of hydrogen-bond acceptors (Lipinski definition) is 4. The lowest BCUT2D eigenvalue weighted by atomic mass is 9.82. The Morgan fingerprint density at radius 1 is 1.20 bits per heavy atom. The predicted octanol–water partition coefficient (Wildman–Crippen LogP) is 2.68. The lowest BCUT2D eigenvalue weighted by Crippen LogP contribution is -2.42. The van der Waals surface area contributed by atoms with Crippen LogP contribution in [-0.2, 0) is 14.9 Å². The summed E-state index contributed by atoms with van der Waals surface area (Å²) in [4.78, 5) is 11.3. The predicted molar refractivity (Wildman–Crippen MR) is 77.9 cm³/mol. The minimum absolute atomic E-state index is 0.121. The second-order valence-electron chi connectivity index (χ2n) is 5.82. The summed E-state index contributed by atoms with van der Waals surface area (Å²) < 4.78 is 9.96. The van der Waals surface area contributed by atoms with E-state index in [0.717, 1.165) is 6.42 Å². The lowest BCUT2D eigenvalue weighted by molar-refractivity contribution is -0.163. The molecule has 4 heteroatoms.